The van der Waals surface area contributed by atoms with E-state index in [-0.39, 0.29) is 30.9 Å². The molecule has 2 aromatic rings. The third kappa shape index (κ3) is 6.32. The number of hydrogen-bond donors (Lipinski definition) is 2. The van der Waals surface area contributed by atoms with Crippen molar-refractivity contribution in [3.05, 3.63) is 50.6 Å². The molecule has 1 aromatic heterocycles. The van der Waals surface area contributed by atoms with Crippen molar-refractivity contribution in [3.8, 4) is 0 Å². The van der Waals surface area contributed by atoms with Crippen LogP contribution in [0.2, 0.25) is 10.0 Å². The smallest absolute Gasteiger partial charge is 0.238 e. The van der Waals surface area contributed by atoms with Gasteiger partial charge in [-0.15, -0.1) is 11.3 Å². The summed E-state index contributed by atoms with van der Waals surface area (Å²) in [6, 6.07) is 8.74. The molecule has 2 N–H and O–H groups in total. The molecule has 0 bridgehead atoms. The number of carbonyl (C=O) groups is 2. The Kier molecular flexibility index (Phi) is 7.25. The predicted molar refractivity (Wildman–Crippen MR) is 103 cm³/mol. The van der Waals surface area contributed by atoms with Crippen molar-refractivity contribution in [1.82, 2.24) is 10.2 Å². The number of nitrogens with zero attached hydrogens (tertiary/aromatic N) is 1. The highest BCUT2D eigenvalue weighted by Gasteiger charge is 2.14. The fourth-order valence-electron chi connectivity index (χ4n) is 2.22. The number of benzene rings is 1. The van der Waals surface area contributed by atoms with E-state index in [1.165, 1.54) is 0 Å². The molecule has 0 aliphatic rings. The van der Waals surface area contributed by atoms with E-state index in [4.69, 9.17) is 23.2 Å². The number of hydrogen-bond acceptors (Lipinski definition) is 4. The number of halogens is 2. The molecule has 2 rings (SSSR count). The van der Waals surface area contributed by atoms with Crippen LogP contribution in [0.25, 0.3) is 0 Å². The molecule has 1 atom stereocenters. The number of anilines is 1. The van der Waals surface area contributed by atoms with Gasteiger partial charge in [-0.25, -0.2) is 0 Å². The maximum atomic E-state index is 12.1. The third-order valence-electron chi connectivity index (χ3n) is 3.38. The topological polar surface area (TPSA) is 61.4 Å². The van der Waals surface area contributed by atoms with Crippen molar-refractivity contribution in [3.63, 3.8) is 0 Å². The summed E-state index contributed by atoms with van der Waals surface area (Å²) in [5, 5.41) is 8.40. The Morgan fingerprint density at radius 2 is 1.88 bits per heavy atom. The van der Waals surface area contributed by atoms with Gasteiger partial charge in [-0.3, -0.25) is 14.5 Å². The first-order valence-electron chi connectivity index (χ1n) is 7.61. The van der Waals surface area contributed by atoms with Crippen molar-refractivity contribution in [2.75, 3.05) is 25.5 Å². The van der Waals surface area contributed by atoms with Crippen LogP contribution in [-0.4, -0.2) is 36.9 Å². The highest BCUT2D eigenvalue weighted by atomic mass is 35.5. The zero-order valence-electron chi connectivity index (χ0n) is 13.9. The molecule has 0 spiro atoms. The molecule has 0 saturated carbocycles. The first kappa shape index (κ1) is 19.7. The van der Waals surface area contributed by atoms with Gasteiger partial charge >= 0.3 is 0 Å². The minimum atomic E-state index is -0.236. The molecular formula is C17H19Cl2N3O2S. The number of nitrogens with one attached hydrogen (secondary N) is 2. The number of thiophene rings is 1. The normalized spacial score (nSPS) is 12.0. The fourth-order valence-corrected chi connectivity index (χ4v) is 3.25. The van der Waals surface area contributed by atoms with Crippen LogP contribution in [-0.2, 0) is 9.59 Å². The molecule has 0 aliphatic heterocycles. The summed E-state index contributed by atoms with van der Waals surface area (Å²) in [5.74, 6) is -0.370. The standard InChI is InChI=1S/C17H19Cl2N3O2S/c1-11(15-4-3-7-25-15)20-16(23)9-22(2)10-17(24)21-12-5-6-13(18)14(19)8-12/h3-8,11H,9-10H2,1-2H3,(H,20,23)(H,21,24)/t11-/m0/s1. The molecule has 0 unspecified atom stereocenters. The minimum Gasteiger partial charge on any atom is -0.348 e. The molecule has 0 aliphatic carbocycles. The molecule has 5 nitrogen and oxygen atoms in total. The second-order valence-corrected chi connectivity index (χ2v) is 7.45. The molecule has 25 heavy (non-hydrogen) atoms. The van der Waals surface area contributed by atoms with Crippen molar-refractivity contribution >= 4 is 52.0 Å². The quantitative estimate of drug-likeness (QED) is 0.743. The second kappa shape index (κ2) is 9.20. The van der Waals surface area contributed by atoms with Crippen molar-refractivity contribution < 1.29 is 9.59 Å². The fraction of sp³-hybridized carbons (Fsp3) is 0.294. The van der Waals surface area contributed by atoms with E-state index >= 15 is 0 Å². The van der Waals surface area contributed by atoms with E-state index in [1.807, 2.05) is 24.4 Å². The van der Waals surface area contributed by atoms with E-state index in [1.54, 1.807) is 41.5 Å². The van der Waals surface area contributed by atoms with Gasteiger partial charge in [0, 0.05) is 10.6 Å². The van der Waals surface area contributed by atoms with Gasteiger partial charge in [0.2, 0.25) is 11.8 Å². The summed E-state index contributed by atoms with van der Waals surface area (Å²) in [7, 11) is 1.71. The Morgan fingerprint density at radius 1 is 1.16 bits per heavy atom. The Balaban J connectivity index is 1.78. The Hall–Kier alpha value is -1.60. The van der Waals surface area contributed by atoms with Gasteiger partial charge < -0.3 is 10.6 Å². The SMILES string of the molecule is C[C@H](NC(=O)CN(C)CC(=O)Nc1ccc(Cl)c(Cl)c1)c1cccs1. The molecule has 0 radical (unpaired) electrons. The summed E-state index contributed by atoms with van der Waals surface area (Å²) >= 11 is 13.4. The van der Waals surface area contributed by atoms with Crippen LogP contribution >= 0.6 is 34.5 Å². The van der Waals surface area contributed by atoms with Crippen LogP contribution in [0.5, 0.6) is 0 Å². The van der Waals surface area contributed by atoms with E-state index < -0.39 is 0 Å². The lowest BCUT2D eigenvalue weighted by atomic mass is 10.2. The summed E-state index contributed by atoms with van der Waals surface area (Å²) < 4.78 is 0. The minimum absolute atomic E-state index is 0.0501. The molecule has 8 heteroatoms. The lowest BCUT2D eigenvalue weighted by Crippen LogP contribution is -2.39. The molecule has 0 fully saturated rings. The van der Waals surface area contributed by atoms with Gasteiger partial charge in [-0.1, -0.05) is 29.3 Å². The van der Waals surface area contributed by atoms with Crippen LogP contribution in [0.1, 0.15) is 17.8 Å². The zero-order valence-corrected chi connectivity index (χ0v) is 16.2. The summed E-state index contributed by atoms with van der Waals surface area (Å²) in [6.07, 6.45) is 0. The molecule has 2 amide bonds. The van der Waals surface area contributed by atoms with E-state index in [0.29, 0.717) is 15.7 Å². The van der Waals surface area contributed by atoms with E-state index in [2.05, 4.69) is 10.6 Å². The summed E-state index contributed by atoms with van der Waals surface area (Å²) in [4.78, 5) is 26.9. The number of carbonyl (C=O) groups excluding carboxylic acids is 2. The van der Waals surface area contributed by atoms with Gasteiger partial charge in [0.05, 0.1) is 29.2 Å². The third-order valence-corrected chi connectivity index (χ3v) is 5.17. The van der Waals surface area contributed by atoms with Crippen molar-refractivity contribution in [1.29, 1.82) is 0 Å². The number of likely N-dealkylation sites (N-methyl/N-ethyl adjacent to an activating group) is 1. The van der Waals surface area contributed by atoms with Gasteiger partial charge in [0.25, 0.3) is 0 Å². The zero-order chi connectivity index (χ0) is 18.4. The van der Waals surface area contributed by atoms with Crippen LogP contribution in [0.4, 0.5) is 5.69 Å². The molecular weight excluding hydrogens is 381 g/mol. The van der Waals surface area contributed by atoms with Gasteiger partial charge in [0.15, 0.2) is 0 Å². The molecule has 1 aromatic carbocycles. The largest absolute Gasteiger partial charge is 0.348 e. The number of amides is 2. The Morgan fingerprint density at radius 3 is 2.52 bits per heavy atom. The van der Waals surface area contributed by atoms with Crippen LogP contribution in [0.15, 0.2) is 35.7 Å². The lowest BCUT2D eigenvalue weighted by molar-refractivity contribution is -0.123. The van der Waals surface area contributed by atoms with Crippen LogP contribution < -0.4 is 10.6 Å². The summed E-state index contributed by atoms with van der Waals surface area (Å²) in [5.41, 5.74) is 0.559. The van der Waals surface area contributed by atoms with E-state index in [0.717, 1.165) is 4.88 Å². The monoisotopic (exact) mass is 399 g/mol. The average Bonchev–Trinajstić information content (AvgIpc) is 3.04. The van der Waals surface area contributed by atoms with Crippen LogP contribution in [0, 0.1) is 0 Å². The maximum absolute atomic E-state index is 12.1. The molecule has 1 heterocycles. The second-order valence-electron chi connectivity index (χ2n) is 5.65. The van der Waals surface area contributed by atoms with Crippen molar-refractivity contribution in [2.45, 2.75) is 13.0 Å². The molecule has 0 saturated heterocycles. The molecule has 134 valence electrons. The first-order valence-corrected chi connectivity index (χ1v) is 9.25. The van der Waals surface area contributed by atoms with Gasteiger partial charge in [-0.05, 0) is 43.6 Å². The van der Waals surface area contributed by atoms with Crippen molar-refractivity contribution in [2.24, 2.45) is 0 Å². The Labute approximate surface area is 160 Å². The average molecular weight is 400 g/mol. The Bertz CT molecular complexity index is 737. The first-order chi connectivity index (χ1) is 11.8. The van der Waals surface area contributed by atoms with E-state index in [9.17, 15) is 9.59 Å². The van der Waals surface area contributed by atoms with Crippen LogP contribution in [0.3, 0.4) is 0 Å². The van der Waals surface area contributed by atoms with Gasteiger partial charge in [-0.2, -0.15) is 0 Å². The highest BCUT2D eigenvalue weighted by Crippen LogP contribution is 2.24. The predicted octanol–water partition coefficient (Wildman–Crippen LogP) is 3.80. The maximum Gasteiger partial charge on any atom is 0.238 e. The summed E-state index contributed by atoms with van der Waals surface area (Å²) in [6.45, 7) is 2.15. The number of rotatable bonds is 7. The highest BCUT2D eigenvalue weighted by molar-refractivity contribution is 7.10. The van der Waals surface area contributed by atoms with Gasteiger partial charge in [0.1, 0.15) is 0 Å². The lowest BCUT2D eigenvalue weighted by Gasteiger charge is -2.18.